The van der Waals surface area contributed by atoms with Crippen molar-refractivity contribution in [1.82, 2.24) is 10.1 Å². The number of hydrogen-bond acceptors (Lipinski definition) is 5. The van der Waals surface area contributed by atoms with Gasteiger partial charge in [-0.05, 0) is 19.1 Å². The molecule has 0 saturated heterocycles. The van der Waals surface area contributed by atoms with E-state index in [1.807, 2.05) is 29.6 Å². The van der Waals surface area contributed by atoms with E-state index < -0.39 is 0 Å². The lowest BCUT2D eigenvalue weighted by molar-refractivity contribution is 0.0988. The first-order valence-corrected chi connectivity index (χ1v) is 7.75. The van der Waals surface area contributed by atoms with Crippen LogP contribution in [0.4, 0.5) is 5.13 Å². The van der Waals surface area contributed by atoms with Gasteiger partial charge in [-0.15, -0.1) is 11.3 Å². The Morgan fingerprint density at radius 2 is 2.10 bits per heavy atom. The molecule has 0 unspecified atom stereocenters. The number of aromatic nitrogens is 2. The lowest BCUT2D eigenvalue weighted by Gasteiger charge is -1.98. The van der Waals surface area contributed by atoms with E-state index in [1.165, 1.54) is 11.3 Å². The first-order chi connectivity index (χ1) is 10.1. The maximum atomic E-state index is 11.9. The van der Waals surface area contributed by atoms with E-state index in [2.05, 4.69) is 31.4 Å². The number of halogens is 1. The van der Waals surface area contributed by atoms with Crippen molar-refractivity contribution in [2.24, 2.45) is 0 Å². The fourth-order valence-corrected chi connectivity index (χ4v) is 2.69. The average molecular weight is 364 g/mol. The number of anilines is 1. The summed E-state index contributed by atoms with van der Waals surface area (Å²) in [4.78, 5) is 16.3. The zero-order valence-electron chi connectivity index (χ0n) is 11.0. The third kappa shape index (κ3) is 3.20. The van der Waals surface area contributed by atoms with Gasteiger partial charge in [-0.25, -0.2) is 4.98 Å². The van der Waals surface area contributed by atoms with Crippen molar-refractivity contribution in [1.29, 1.82) is 0 Å². The number of carbonyl (C=O) groups excluding carboxylic acids is 1. The molecule has 3 aromatic rings. The summed E-state index contributed by atoms with van der Waals surface area (Å²) in [5.41, 5.74) is 2.47. The summed E-state index contributed by atoms with van der Waals surface area (Å²) in [6.45, 7) is 1.76. The van der Waals surface area contributed by atoms with Gasteiger partial charge in [0.2, 0.25) is 5.76 Å². The average Bonchev–Trinajstić information content (AvgIpc) is 3.09. The van der Waals surface area contributed by atoms with Crippen LogP contribution in [0.1, 0.15) is 16.2 Å². The van der Waals surface area contributed by atoms with Crippen LogP contribution in [0, 0.1) is 6.92 Å². The summed E-state index contributed by atoms with van der Waals surface area (Å²) in [5.74, 6) is -0.180. The summed E-state index contributed by atoms with van der Waals surface area (Å²) < 4.78 is 5.92. The van der Waals surface area contributed by atoms with Gasteiger partial charge in [0.15, 0.2) is 5.13 Å². The van der Waals surface area contributed by atoms with Crippen LogP contribution in [0.25, 0.3) is 11.3 Å². The number of carbonyl (C=O) groups is 1. The van der Waals surface area contributed by atoms with E-state index in [0.717, 1.165) is 15.7 Å². The number of thiazole rings is 1. The molecular formula is C14H10BrN3O2S. The highest BCUT2D eigenvalue weighted by atomic mass is 79.9. The fraction of sp³-hybridized carbons (Fsp3) is 0.0714. The molecule has 0 saturated carbocycles. The third-order valence-corrected chi connectivity index (χ3v) is 4.00. The van der Waals surface area contributed by atoms with Gasteiger partial charge in [0, 0.05) is 21.5 Å². The quantitative estimate of drug-likeness (QED) is 0.759. The Bertz CT molecular complexity index is 780. The van der Waals surface area contributed by atoms with Gasteiger partial charge < -0.3 is 4.52 Å². The van der Waals surface area contributed by atoms with Crippen molar-refractivity contribution in [3.8, 4) is 11.3 Å². The van der Waals surface area contributed by atoms with E-state index in [-0.39, 0.29) is 11.7 Å². The SMILES string of the molecule is Cc1cc(C(=O)Nc2nc(-c3ccc(Br)cc3)cs2)on1. The minimum absolute atomic E-state index is 0.174. The van der Waals surface area contributed by atoms with Crippen LogP contribution in [0.2, 0.25) is 0 Å². The maximum Gasteiger partial charge on any atom is 0.296 e. The molecule has 1 N–H and O–H groups in total. The molecule has 106 valence electrons. The molecule has 0 aliphatic rings. The Hall–Kier alpha value is -1.99. The van der Waals surface area contributed by atoms with Crippen molar-refractivity contribution < 1.29 is 9.32 Å². The number of hydrogen-bond donors (Lipinski definition) is 1. The molecule has 3 rings (SSSR count). The van der Waals surface area contributed by atoms with Crippen LogP contribution < -0.4 is 5.32 Å². The molecule has 0 aliphatic carbocycles. The smallest absolute Gasteiger partial charge is 0.296 e. The molecule has 0 radical (unpaired) electrons. The Morgan fingerprint density at radius 1 is 1.33 bits per heavy atom. The van der Waals surface area contributed by atoms with E-state index in [9.17, 15) is 4.79 Å². The number of rotatable bonds is 3. The second-order valence-electron chi connectivity index (χ2n) is 4.33. The minimum Gasteiger partial charge on any atom is -0.351 e. The van der Waals surface area contributed by atoms with Crippen LogP contribution in [0.5, 0.6) is 0 Å². The molecule has 7 heteroatoms. The Balaban J connectivity index is 1.76. The highest BCUT2D eigenvalue weighted by molar-refractivity contribution is 9.10. The molecule has 1 aromatic carbocycles. The van der Waals surface area contributed by atoms with Gasteiger partial charge in [0.05, 0.1) is 11.4 Å². The zero-order valence-corrected chi connectivity index (χ0v) is 13.4. The first kappa shape index (κ1) is 14.0. The highest BCUT2D eigenvalue weighted by Crippen LogP contribution is 2.26. The van der Waals surface area contributed by atoms with Crippen molar-refractivity contribution in [2.45, 2.75) is 6.92 Å². The minimum atomic E-state index is -0.354. The van der Waals surface area contributed by atoms with E-state index in [1.54, 1.807) is 13.0 Å². The summed E-state index contributed by atoms with van der Waals surface area (Å²) in [6.07, 6.45) is 0. The predicted molar refractivity (Wildman–Crippen MR) is 84.4 cm³/mol. The molecule has 1 amide bonds. The van der Waals surface area contributed by atoms with Crippen LogP contribution in [-0.2, 0) is 0 Å². The monoisotopic (exact) mass is 363 g/mol. The van der Waals surface area contributed by atoms with Gasteiger partial charge in [-0.2, -0.15) is 0 Å². The molecule has 0 spiro atoms. The summed E-state index contributed by atoms with van der Waals surface area (Å²) in [5, 5.41) is 8.80. The van der Waals surface area contributed by atoms with Gasteiger partial charge in [-0.3, -0.25) is 10.1 Å². The molecule has 0 aliphatic heterocycles. The lowest BCUT2D eigenvalue weighted by Crippen LogP contribution is -2.10. The number of benzene rings is 1. The number of nitrogens with zero attached hydrogens (tertiary/aromatic N) is 2. The van der Waals surface area contributed by atoms with Gasteiger partial charge in [-0.1, -0.05) is 33.2 Å². The predicted octanol–water partition coefficient (Wildman–Crippen LogP) is 4.12. The maximum absolute atomic E-state index is 11.9. The third-order valence-electron chi connectivity index (χ3n) is 2.72. The highest BCUT2D eigenvalue weighted by Gasteiger charge is 2.14. The zero-order chi connectivity index (χ0) is 14.8. The van der Waals surface area contributed by atoms with Gasteiger partial charge in [0.1, 0.15) is 0 Å². The lowest BCUT2D eigenvalue weighted by atomic mass is 10.2. The van der Waals surface area contributed by atoms with E-state index in [4.69, 9.17) is 4.52 Å². The van der Waals surface area contributed by atoms with Gasteiger partial charge in [0.25, 0.3) is 5.91 Å². The molecule has 2 heterocycles. The topological polar surface area (TPSA) is 68.0 Å². The standard InChI is InChI=1S/C14H10BrN3O2S/c1-8-6-12(20-18-8)13(19)17-14-16-11(7-21-14)9-2-4-10(15)5-3-9/h2-7H,1H3,(H,16,17,19). The molecule has 0 atom stereocenters. The van der Waals surface area contributed by atoms with Crippen molar-refractivity contribution in [3.63, 3.8) is 0 Å². The number of amides is 1. The second-order valence-corrected chi connectivity index (χ2v) is 6.11. The molecule has 2 aromatic heterocycles. The fourth-order valence-electron chi connectivity index (χ4n) is 1.71. The molecular weight excluding hydrogens is 354 g/mol. The van der Waals surface area contributed by atoms with E-state index >= 15 is 0 Å². The summed E-state index contributed by atoms with van der Waals surface area (Å²) in [6, 6.07) is 9.40. The molecule has 5 nitrogen and oxygen atoms in total. The molecule has 0 bridgehead atoms. The summed E-state index contributed by atoms with van der Waals surface area (Å²) >= 11 is 4.75. The number of nitrogens with one attached hydrogen (secondary N) is 1. The molecule has 0 fully saturated rings. The van der Waals surface area contributed by atoms with Crippen LogP contribution in [0.3, 0.4) is 0 Å². The van der Waals surface area contributed by atoms with Crippen LogP contribution in [0.15, 0.2) is 44.7 Å². The number of aryl methyl sites for hydroxylation is 1. The largest absolute Gasteiger partial charge is 0.351 e. The first-order valence-electron chi connectivity index (χ1n) is 6.08. The Kier molecular flexibility index (Phi) is 3.85. The Morgan fingerprint density at radius 3 is 2.76 bits per heavy atom. The van der Waals surface area contributed by atoms with Crippen molar-refractivity contribution >= 4 is 38.3 Å². The van der Waals surface area contributed by atoms with Crippen molar-refractivity contribution in [2.75, 3.05) is 5.32 Å². The van der Waals surface area contributed by atoms with E-state index in [0.29, 0.717) is 10.8 Å². The summed E-state index contributed by atoms with van der Waals surface area (Å²) in [7, 11) is 0. The Labute approximate surface area is 133 Å². The molecule has 21 heavy (non-hydrogen) atoms. The van der Waals surface area contributed by atoms with Gasteiger partial charge >= 0.3 is 0 Å². The van der Waals surface area contributed by atoms with Crippen molar-refractivity contribution in [3.05, 3.63) is 51.6 Å². The normalized spacial score (nSPS) is 10.6. The van der Waals surface area contributed by atoms with Crippen LogP contribution >= 0.6 is 27.3 Å². The van der Waals surface area contributed by atoms with Crippen LogP contribution in [-0.4, -0.2) is 16.0 Å². The second kappa shape index (κ2) is 5.79.